The molecule has 1 unspecified atom stereocenters. The van der Waals surface area contributed by atoms with E-state index in [9.17, 15) is 4.79 Å². The van der Waals surface area contributed by atoms with Gasteiger partial charge in [0, 0.05) is 31.2 Å². The van der Waals surface area contributed by atoms with Crippen LogP contribution in [0, 0.1) is 0 Å². The first-order valence-corrected chi connectivity index (χ1v) is 5.03. The van der Waals surface area contributed by atoms with E-state index in [-0.39, 0.29) is 5.97 Å². The minimum atomic E-state index is -0.278. The lowest BCUT2D eigenvalue weighted by Gasteiger charge is -2.24. The number of carbonyl (C=O) groups excluding carboxylic acids is 1. The van der Waals surface area contributed by atoms with Gasteiger partial charge < -0.3 is 15.4 Å². The van der Waals surface area contributed by atoms with E-state index >= 15 is 0 Å². The summed E-state index contributed by atoms with van der Waals surface area (Å²) in [6, 6.07) is 0.306. The van der Waals surface area contributed by atoms with Crippen molar-refractivity contribution in [2.75, 3.05) is 26.2 Å². The Morgan fingerprint density at radius 3 is 2.93 bits per heavy atom. The lowest BCUT2D eigenvalue weighted by Crippen LogP contribution is -2.48. The van der Waals surface area contributed by atoms with Crippen LogP contribution in [-0.4, -0.2) is 38.3 Å². The van der Waals surface area contributed by atoms with Crippen molar-refractivity contribution in [2.45, 2.75) is 19.4 Å². The third-order valence-corrected chi connectivity index (χ3v) is 2.18. The van der Waals surface area contributed by atoms with E-state index in [1.54, 1.807) is 6.92 Å². The van der Waals surface area contributed by atoms with Gasteiger partial charge in [-0.05, 0) is 13.3 Å². The van der Waals surface area contributed by atoms with Gasteiger partial charge in [-0.25, -0.2) is 4.79 Å². The van der Waals surface area contributed by atoms with Crippen molar-refractivity contribution in [3.8, 4) is 0 Å². The van der Waals surface area contributed by atoms with E-state index in [2.05, 4.69) is 17.2 Å². The topological polar surface area (TPSA) is 50.4 Å². The molecule has 0 aliphatic carbocycles. The van der Waals surface area contributed by atoms with E-state index in [0.717, 1.165) is 19.6 Å². The summed E-state index contributed by atoms with van der Waals surface area (Å²) < 4.78 is 4.86. The molecule has 0 spiro atoms. The molecule has 1 aliphatic rings. The fourth-order valence-electron chi connectivity index (χ4n) is 1.47. The van der Waals surface area contributed by atoms with E-state index < -0.39 is 0 Å². The van der Waals surface area contributed by atoms with Gasteiger partial charge in [-0.1, -0.05) is 6.58 Å². The van der Waals surface area contributed by atoms with Crippen LogP contribution in [0.15, 0.2) is 12.2 Å². The molecule has 0 aromatic carbocycles. The van der Waals surface area contributed by atoms with E-state index in [4.69, 9.17) is 4.74 Å². The molecule has 0 radical (unpaired) electrons. The highest BCUT2D eigenvalue weighted by atomic mass is 16.5. The van der Waals surface area contributed by atoms with E-state index in [1.165, 1.54) is 0 Å². The second-order valence-electron chi connectivity index (χ2n) is 3.38. The van der Waals surface area contributed by atoms with Gasteiger partial charge in [0.2, 0.25) is 0 Å². The zero-order chi connectivity index (χ0) is 10.4. The third-order valence-electron chi connectivity index (χ3n) is 2.18. The Hall–Kier alpha value is -0.870. The van der Waals surface area contributed by atoms with Crippen LogP contribution in [0.4, 0.5) is 0 Å². The standard InChI is InChI=1S/C10H18N2O2/c1-3-14-10(13)8(2)6-9-7-11-4-5-12-9/h9,11-12H,2-7H2,1H3. The monoisotopic (exact) mass is 198 g/mol. The highest BCUT2D eigenvalue weighted by Gasteiger charge is 2.16. The number of piperazine rings is 1. The number of ether oxygens (including phenoxy) is 1. The highest BCUT2D eigenvalue weighted by molar-refractivity contribution is 5.87. The molecule has 0 amide bonds. The molecule has 1 aliphatic heterocycles. The summed E-state index contributed by atoms with van der Waals surface area (Å²) in [6.07, 6.45) is 0.659. The molecule has 2 N–H and O–H groups in total. The normalized spacial score (nSPS) is 21.6. The van der Waals surface area contributed by atoms with Crippen LogP contribution >= 0.6 is 0 Å². The maximum absolute atomic E-state index is 11.2. The van der Waals surface area contributed by atoms with Crippen molar-refractivity contribution in [1.29, 1.82) is 0 Å². The van der Waals surface area contributed by atoms with Crippen LogP contribution in [-0.2, 0) is 9.53 Å². The van der Waals surface area contributed by atoms with Crippen molar-refractivity contribution in [3.05, 3.63) is 12.2 Å². The van der Waals surface area contributed by atoms with Gasteiger partial charge in [0.1, 0.15) is 0 Å². The number of rotatable bonds is 4. The minimum absolute atomic E-state index is 0.278. The fourth-order valence-corrected chi connectivity index (χ4v) is 1.47. The zero-order valence-electron chi connectivity index (χ0n) is 8.64. The highest BCUT2D eigenvalue weighted by Crippen LogP contribution is 2.06. The van der Waals surface area contributed by atoms with Crippen molar-refractivity contribution in [3.63, 3.8) is 0 Å². The predicted octanol–water partition coefficient (Wildman–Crippen LogP) is 0.0572. The van der Waals surface area contributed by atoms with Crippen molar-refractivity contribution < 1.29 is 9.53 Å². The van der Waals surface area contributed by atoms with Gasteiger partial charge in [-0.15, -0.1) is 0 Å². The van der Waals surface area contributed by atoms with Crippen LogP contribution < -0.4 is 10.6 Å². The lowest BCUT2D eigenvalue weighted by atomic mass is 10.1. The average Bonchev–Trinajstić information content (AvgIpc) is 2.19. The molecular formula is C10H18N2O2. The summed E-state index contributed by atoms with van der Waals surface area (Å²) in [5.74, 6) is -0.278. The number of hydrogen-bond donors (Lipinski definition) is 2. The first kappa shape index (κ1) is 11.2. The smallest absolute Gasteiger partial charge is 0.333 e. The molecule has 4 nitrogen and oxygen atoms in total. The Morgan fingerprint density at radius 2 is 2.36 bits per heavy atom. The summed E-state index contributed by atoms with van der Waals surface area (Å²) in [5, 5.41) is 6.57. The van der Waals surface area contributed by atoms with Crippen LogP contribution in [0.5, 0.6) is 0 Å². The van der Waals surface area contributed by atoms with Gasteiger partial charge in [0.25, 0.3) is 0 Å². The first-order chi connectivity index (χ1) is 6.74. The Kier molecular flexibility index (Phi) is 4.62. The van der Waals surface area contributed by atoms with Gasteiger partial charge in [0.15, 0.2) is 0 Å². The maximum atomic E-state index is 11.2. The lowest BCUT2D eigenvalue weighted by molar-refractivity contribution is -0.138. The van der Waals surface area contributed by atoms with Crippen LogP contribution in [0.3, 0.4) is 0 Å². The predicted molar refractivity (Wildman–Crippen MR) is 55.1 cm³/mol. The molecule has 80 valence electrons. The number of carbonyl (C=O) groups is 1. The minimum Gasteiger partial charge on any atom is -0.463 e. The quantitative estimate of drug-likeness (QED) is 0.495. The number of nitrogens with one attached hydrogen (secondary N) is 2. The molecule has 0 saturated carbocycles. The van der Waals surface area contributed by atoms with Crippen molar-refractivity contribution in [1.82, 2.24) is 10.6 Å². The zero-order valence-corrected chi connectivity index (χ0v) is 8.64. The van der Waals surface area contributed by atoms with Gasteiger partial charge in [-0.2, -0.15) is 0 Å². The average molecular weight is 198 g/mol. The third kappa shape index (κ3) is 3.47. The fraction of sp³-hybridized carbons (Fsp3) is 0.700. The summed E-state index contributed by atoms with van der Waals surface area (Å²) >= 11 is 0. The number of hydrogen-bond acceptors (Lipinski definition) is 4. The Labute approximate surface area is 84.7 Å². The summed E-state index contributed by atoms with van der Waals surface area (Å²) in [6.45, 7) is 8.75. The SMILES string of the molecule is C=C(CC1CNCCN1)C(=O)OCC. The molecular weight excluding hydrogens is 180 g/mol. The molecule has 1 atom stereocenters. The molecule has 1 heterocycles. The van der Waals surface area contributed by atoms with E-state index in [0.29, 0.717) is 24.6 Å². The molecule has 14 heavy (non-hydrogen) atoms. The van der Waals surface area contributed by atoms with Gasteiger partial charge in [-0.3, -0.25) is 0 Å². The Morgan fingerprint density at radius 1 is 1.57 bits per heavy atom. The molecule has 0 aromatic heterocycles. The summed E-state index contributed by atoms with van der Waals surface area (Å²) in [4.78, 5) is 11.2. The van der Waals surface area contributed by atoms with Crippen LogP contribution in [0.2, 0.25) is 0 Å². The molecule has 0 aromatic rings. The second-order valence-corrected chi connectivity index (χ2v) is 3.38. The van der Waals surface area contributed by atoms with Crippen LogP contribution in [0.1, 0.15) is 13.3 Å². The maximum Gasteiger partial charge on any atom is 0.333 e. The second kappa shape index (κ2) is 5.78. The summed E-state index contributed by atoms with van der Waals surface area (Å²) in [5.41, 5.74) is 0.549. The first-order valence-electron chi connectivity index (χ1n) is 5.03. The Bertz CT molecular complexity index is 210. The molecule has 1 rings (SSSR count). The molecule has 1 fully saturated rings. The van der Waals surface area contributed by atoms with Crippen LogP contribution in [0.25, 0.3) is 0 Å². The number of esters is 1. The van der Waals surface area contributed by atoms with Crippen molar-refractivity contribution in [2.24, 2.45) is 0 Å². The van der Waals surface area contributed by atoms with Gasteiger partial charge in [0.05, 0.1) is 6.61 Å². The largest absolute Gasteiger partial charge is 0.463 e. The van der Waals surface area contributed by atoms with Crippen molar-refractivity contribution >= 4 is 5.97 Å². The molecule has 0 bridgehead atoms. The molecule has 4 heteroatoms. The summed E-state index contributed by atoms with van der Waals surface area (Å²) in [7, 11) is 0. The van der Waals surface area contributed by atoms with E-state index in [1.807, 2.05) is 0 Å². The molecule has 1 saturated heterocycles. The van der Waals surface area contributed by atoms with Gasteiger partial charge >= 0.3 is 5.97 Å². The Balaban J connectivity index is 2.28.